The molecule has 0 aromatic heterocycles. The number of hydrogen-bond donors (Lipinski definition) is 1. The standard InChI is InChI=1S/C16H33NO2Si/c1-8-14-15(9-10-18)17(16(14)19)20(11(2)3,12(4)5)13(6)7/h11-15,18H,8-10H2,1-7H3. The Hall–Kier alpha value is -0.353. The van der Waals surface area contributed by atoms with Crippen LogP contribution < -0.4 is 0 Å². The lowest BCUT2D eigenvalue weighted by molar-refractivity contribution is -0.149. The SMILES string of the molecule is CCC1C(=O)N([Si](C(C)C)(C(C)C)C(C)C)C1CCO. The van der Waals surface area contributed by atoms with E-state index >= 15 is 0 Å². The van der Waals surface area contributed by atoms with E-state index in [0.717, 1.165) is 12.8 Å². The molecule has 0 spiro atoms. The molecule has 1 aliphatic rings. The first-order valence-electron chi connectivity index (χ1n) is 8.20. The zero-order valence-electron chi connectivity index (χ0n) is 14.3. The third-order valence-electron chi connectivity index (χ3n) is 5.41. The van der Waals surface area contributed by atoms with Crippen LogP contribution in [0.5, 0.6) is 0 Å². The van der Waals surface area contributed by atoms with Crippen LogP contribution >= 0.6 is 0 Å². The zero-order valence-corrected chi connectivity index (χ0v) is 15.3. The Labute approximate surface area is 125 Å². The normalized spacial score (nSPS) is 23.9. The lowest BCUT2D eigenvalue weighted by Crippen LogP contribution is -2.75. The van der Waals surface area contributed by atoms with Crippen molar-refractivity contribution in [3.8, 4) is 0 Å². The van der Waals surface area contributed by atoms with Crippen LogP contribution in [0.25, 0.3) is 0 Å². The predicted molar refractivity (Wildman–Crippen MR) is 87.2 cm³/mol. The maximum atomic E-state index is 12.7. The summed E-state index contributed by atoms with van der Waals surface area (Å²) in [6.45, 7) is 16.0. The molecule has 1 saturated heterocycles. The molecule has 0 aromatic carbocycles. The van der Waals surface area contributed by atoms with Gasteiger partial charge in [-0.05, 0) is 29.5 Å². The number of aliphatic hydroxyl groups excluding tert-OH is 1. The smallest absolute Gasteiger partial charge is 0.220 e. The minimum atomic E-state index is -1.89. The maximum Gasteiger partial charge on any atom is 0.220 e. The van der Waals surface area contributed by atoms with Crippen molar-refractivity contribution in [2.45, 2.75) is 84.0 Å². The second kappa shape index (κ2) is 6.61. The topological polar surface area (TPSA) is 40.5 Å². The lowest BCUT2D eigenvalue weighted by Gasteiger charge is -2.61. The summed E-state index contributed by atoms with van der Waals surface area (Å²) in [5, 5.41) is 9.38. The highest BCUT2D eigenvalue weighted by atomic mass is 28.3. The van der Waals surface area contributed by atoms with Gasteiger partial charge in [0, 0.05) is 12.6 Å². The Morgan fingerprint density at radius 1 is 1.10 bits per heavy atom. The van der Waals surface area contributed by atoms with Gasteiger partial charge in [-0.1, -0.05) is 48.5 Å². The molecule has 3 nitrogen and oxygen atoms in total. The summed E-state index contributed by atoms with van der Waals surface area (Å²) in [6, 6.07) is 0.274. The van der Waals surface area contributed by atoms with Gasteiger partial charge in [-0.2, -0.15) is 0 Å². The first-order valence-corrected chi connectivity index (χ1v) is 10.4. The molecule has 1 N–H and O–H groups in total. The van der Waals surface area contributed by atoms with Crippen LogP contribution in [-0.2, 0) is 4.79 Å². The molecule has 118 valence electrons. The van der Waals surface area contributed by atoms with Crippen molar-refractivity contribution in [1.82, 2.24) is 4.57 Å². The molecule has 20 heavy (non-hydrogen) atoms. The summed E-state index contributed by atoms with van der Waals surface area (Å²) in [6.07, 6.45) is 1.64. The average Bonchev–Trinajstić information content (AvgIpc) is 2.34. The minimum absolute atomic E-state index is 0.144. The van der Waals surface area contributed by atoms with Crippen molar-refractivity contribution < 1.29 is 9.90 Å². The Balaban J connectivity index is 3.23. The van der Waals surface area contributed by atoms with Gasteiger partial charge in [0.25, 0.3) is 0 Å². The number of hydrogen-bond acceptors (Lipinski definition) is 2. The average molecular weight is 300 g/mol. The third kappa shape index (κ3) is 2.45. The molecule has 1 aliphatic heterocycles. The predicted octanol–water partition coefficient (Wildman–Crippen LogP) is 3.78. The highest BCUT2D eigenvalue weighted by molar-refractivity contribution is 6.83. The zero-order chi connectivity index (χ0) is 15.7. The van der Waals surface area contributed by atoms with E-state index in [9.17, 15) is 9.90 Å². The maximum absolute atomic E-state index is 12.7. The molecular formula is C16H33NO2Si. The summed E-state index contributed by atoms with van der Waals surface area (Å²) < 4.78 is 2.28. The molecule has 0 bridgehead atoms. The van der Waals surface area contributed by atoms with Crippen LogP contribution in [0.3, 0.4) is 0 Å². The Kier molecular flexibility index (Phi) is 5.85. The van der Waals surface area contributed by atoms with Crippen LogP contribution in [0.15, 0.2) is 0 Å². The molecule has 0 aliphatic carbocycles. The second-order valence-corrected chi connectivity index (χ2v) is 12.9. The van der Waals surface area contributed by atoms with E-state index in [-0.39, 0.29) is 18.6 Å². The van der Waals surface area contributed by atoms with Gasteiger partial charge in [-0.3, -0.25) is 4.79 Å². The number of rotatable bonds is 7. The number of aliphatic hydroxyl groups is 1. The molecule has 1 rings (SSSR count). The van der Waals surface area contributed by atoms with E-state index in [1.54, 1.807) is 0 Å². The van der Waals surface area contributed by atoms with Crippen molar-refractivity contribution in [2.75, 3.05) is 6.61 Å². The van der Waals surface area contributed by atoms with Crippen LogP contribution in [-0.4, -0.2) is 36.5 Å². The van der Waals surface area contributed by atoms with E-state index in [1.807, 2.05) is 0 Å². The van der Waals surface area contributed by atoms with Gasteiger partial charge in [0.2, 0.25) is 5.91 Å². The molecule has 1 fully saturated rings. The number of nitrogens with zero attached hydrogens (tertiary/aromatic N) is 1. The van der Waals surface area contributed by atoms with E-state index in [2.05, 4.69) is 53.0 Å². The fraction of sp³-hybridized carbons (Fsp3) is 0.938. The van der Waals surface area contributed by atoms with E-state index in [4.69, 9.17) is 0 Å². The van der Waals surface area contributed by atoms with E-state index in [0.29, 0.717) is 22.5 Å². The first kappa shape index (κ1) is 17.7. The van der Waals surface area contributed by atoms with Crippen molar-refractivity contribution >= 4 is 14.1 Å². The Bertz CT molecular complexity index is 320. The third-order valence-corrected chi connectivity index (χ3v) is 12.3. The molecular weight excluding hydrogens is 266 g/mol. The van der Waals surface area contributed by atoms with Crippen molar-refractivity contribution in [3.05, 3.63) is 0 Å². The van der Waals surface area contributed by atoms with Crippen LogP contribution in [0.4, 0.5) is 0 Å². The molecule has 0 radical (unpaired) electrons. The number of amides is 1. The van der Waals surface area contributed by atoms with Crippen LogP contribution in [0.2, 0.25) is 16.6 Å². The number of carbonyl (C=O) groups excluding carboxylic acids is 1. The molecule has 2 atom stereocenters. The summed E-state index contributed by atoms with van der Waals surface area (Å²) in [5.74, 6) is 0.499. The number of β-lactam (4-membered cyclic amide) rings is 1. The largest absolute Gasteiger partial charge is 0.396 e. The second-order valence-electron chi connectivity index (χ2n) is 7.15. The summed E-state index contributed by atoms with van der Waals surface area (Å²) >= 11 is 0. The van der Waals surface area contributed by atoms with Gasteiger partial charge in [0.1, 0.15) is 0 Å². The molecule has 0 saturated carbocycles. The van der Waals surface area contributed by atoms with E-state index in [1.165, 1.54) is 0 Å². The molecule has 1 amide bonds. The monoisotopic (exact) mass is 299 g/mol. The van der Waals surface area contributed by atoms with E-state index < -0.39 is 8.24 Å². The number of carbonyl (C=O) groups is 1. The first-order chi connectivity index (χ1) is 9.26. The van der Waals surface area contributed by atoms with Gasteiger partial charge in [0.15, 0.2) is 8.24 Å². The Morgan fingerprint density at radius 3 is 1.85 bits per heavy atom. The molecule has 2 unspecified atom stereocenters. The van der Waals surface area contributed by atoms with Crippen LogP contribution in [0, 0.1) is 5.92 Å². The van der Waals surface area contributed by atoms with Crippen molar-refractivity contribution in [1.29, 1.82) is 0 Å². The molecule has 1 heterocycles. The lowest BCUT2D eigenvalue weighted by atomic mass is 9.86. The fourth-order valence-electron chi connectivity index (χ4n) is 4.83. The Morgan fingerprint density at radius 2 is 1.55 bits per heavy atom. The van der Waals surface area contributed by atoms with Crippen molar-refractivity contribution in [2.24, 2.45) is 5.92 Å². The van der Waals surface area contributed by atoms with Gasteiger partial charge in [-0.15, -0.1) is 0 Å². The summed E-state index contributed by atoms with van der Waals surface area (Å²) in [5.41, 5.74) is 1.64. The molecule has 0 aromatic rings. The van der Waals surface area contributed by atoms with Gasteiger partial charge in [-0.25, -0.2) is 0 Å². The van der Waals surface area contributed by atoms with Gasteiger partial charge < -0.3 is 9.67 Å². The molecule has 4 heteroatoms. The quantitative estimate of drug-likeness (QED) is 0.574. The highest BCUT2D eigenvalue weighted by Gasteiger charge is 2.59. The summed E-state index contributed by atoms with van der Waals surface area (Å²) in [4.78, 5) is 12.7. The highest BCUT2D eigenvalue weighted by Crippen LogP contribution is 2.50. The van der Waals surface area contributed by atoms with Gasteiger partial charge in [0.05, 0.1) is 5.92 Å². The fourth-order valence-corrected chi connectivity index (χ4v) is 11.9. The minimum Gasteiger partial charge on any atom is -0.396 e. The van der Waals surface area contributed by atoms with Crippen LogP contribution in [0.1, 0.15) is 61.3 Å². The summed E-state index contributed by atoms with van der Waals surface area (Å²) in [7, 11) is -1.89. The van der Waals surface area contributed by atoms with Crippen molar-refractivity contribution in [3.63, 3.8) is 0 Å². The van der Waals surface area contributed by atoms with Gasteiger partial charge >= 0.3 is 0 Å².